The van der Waals surface area contributed by atoms with Gasteiger partial charge in [-0.05, 0) is 13.3 Å². The molecule has 1 rings (SSSR count). The van der Waals surface area contributed by atoms with E-state index >= 15 is 0 Å². The molecule has 1 N–H and O–H groups in total. The summed E-state index contributed by atoms with van der Waals surface area (Å²) in [5, 5.41) is 3.16. The van der Waals surface area contributed by atoms with Crippen molar-refractivity contribution in [2.45, 2.75) is 32.4 Å². The standard InChI is InChI=1S/C10H20N2O2.ClH/c1-4-8(2)12(3)10(13)9-7-11-5-6-14-9;/h8-9,11H,4-7H2,1-3H3;1H. The molecule has 0 aromatic rings. The van der Waals surface area contributed by atoms with E-state index in [-0.39, 0.29) is 30.5 Å². The van der Waals surface area contributed by atoms with E-state index in [1.807, 2.05) is 14.0 Å². The Bertz CT molecular complexity index is 192. The number of ether oxygens (including phenoxy) is 1. The van der Waals surface area contributed by atoms with Gasteiger partial charge in [-0.15, -0.1) is 12.4 Å². The molecule has 0 radical (unpaired) electrons. The Balaban J connectivity index is 0.00000196. The quantitative estimate of drug-likeness (QED) is 0.783. The van der Waals surface area contributed by atoms with Crippen LogP contribution in [0, 0.1) is 0 Å². The van der Waals surface area contributed by atoms with Crippen LogP contribution in [0.25, 0.3) is 0 Å². The van der Waals surface area contributed by atoms with Gasteiger partial charge in [0.2, 0.25) is 0 Å². The number of morpholine rings is 1. The van der Waals surface area contributed by atoms with Gasteiger partial charge in [-0.2, -0.15) is 0 Å². The Hall–Kier alpha value is -0.320. The molecule has 0 aromatic heterocycles. The Morgan fingerprint density at radius 1 is 1.67 bits per heavy atom. The number of hydrogen-bond acceptors (Lipinski definition) is 3. The molecule has 1 aliphatic rings. The van der Waals surface area contributed by atoms with Crippen LogP contribution in [0.3, 0.4) is 0 Å². The highest BCUT2D eigenvalue weighted by Crippen LogP contribution is 2.06. The van der Waals surface area contributed by atoms with E-state index in [4.69, 9.17) is 4.74 Å². The zero-order chi connectivity index (χ0) is 10.6. The summed E-state index contributed by atoms with van der Waals surface area (Å²) in [7, 11) is 1.84. The molecule has 0 bridgehead atoms. The average molecular weight is 237 g/mol. The molecule has 1 amide bonds. The van der Waals surface area contributed by atoms with Crippen LogP contribution >= 0.6 is 12.4 Å². The fraction of sp³-hybridized carbons (Fsp3) is 0.900. The van der Waals surface area contributed by atoms with Crippen molar-refractivity contribution in [1.82, 2.24) is 10.2 Å². The second-order valence-corrected chi connectivity index (χ2v) is 3.77. The lowest BCUT2D eigenvalue weighted by Gasteiger charge is -2.30. The van der Waals surface area contributed by atoms with Crippen molar-refractivity contribution >= 4 is 18.3 Å². The van der Waals surface area contributed by atoms with E-state index in [1.54, 1.807) is 4.90 Å². The maximum Gasteiger partial charge on any atom is 0.253 e. The maximum absolute atomic E-state index is 11.9. The number of halogens is 1. The normalized spacial score (nSPS) is 22.7. The molecule has 0 aromatic carbocycles. The van der Waals surface area contributed by atoms with Crippen molar-refractivity contribution in [3.8, 4) is 0 Å². The van der Waals surface area contributed by atoms with E-state index in [0.29, 0.717) is 13.2 Å². The Morgan fingerprint density at radius 2 is 2.33 bits per heavy atom. The lowest BCUT2D eigenvalue weighted by atomic mass is 10.2. The van der Waals surface area contributed by atoms with Crippen LogP contribution in [0.1, 0.15) is 20.3 Å². The second-order valence-electron chi connectivity index (χ2n) is 3.77. The molecular formula is C10H21ClN2O2. The Morgan fingerprint density at radius 3 is 2.80 bits per heavy atom. The number of amides is 1. The molecular weight excluding hydrogens is 216 g/mol. The van der Waals surface area contributed by atoms with E-state index in [1.165, 1.54) is 0 Å². The topological polar surface area (TPSA) is 41.6 Å². The number of hydrogen-bond donors (Lipinski definition) is 1. The molecule has 1 saturated heterocycles. The average Bonchev–Trinajstić information content (AvgIpc) is 2.27. The monoisotopic (exact) mass is 236 g/mol. The van der Waals surface area contributed by atoms with Gasteiger partial charge in [-0.25, -0.2) is 0 Å². The Kier molecular flexibility index (Phi) is 6.89. The summed E-state index contributed by atoms with van der Waals surface area (Å²) in [6.07, 6.45) is 0.685. The maximum atomic E-state index is 11.9. The number of nitrogens with one attached hydrogen (secondary N) is 1. The van der Waals surface area contributed by atoms with Gasteiger partial charge in [0.15, 0.2) is 0 Å². The predicted molar refractivity (Wildman–Crippen MR) is 62.4 cm³/mol. The first-order valence-electron chi connectivity index (χ1n) is 5.25. The molecule has 4 nitrogen and oxygen atoms in total. The molecule has 2 atom stereocenters. The van der Waals surface area contributed by atoms with Gasteiger partial charge in [0.1, 0.15) is 6.10 Å². The minimum Gasteiger partial charge on any atom is -0.366 e. The highest BCUT2D eigenvalue weighted by atomic mass is 35.5. The molecule has 0 spiro atoms. The third-order valence-electron chi connectivity index (χ3n) is 2.80. The van der Waals surface area contributed by atoms with Gasteiger partial charge in [-0.1, -0.05) is 6.92 Å². The summed E-state index contributed by atoms with van der Waals surface area (Å²) < 4.78 is 5.40. The highest BCUT2D eigenvalue weighted by Gasteiger charge is 2.26. The number of carbonyl (C=O) groups is 1. The zero-order valence-electron chi connectivity index (χ0n) is 9.66. The smallest absolute Gasteiger partial charge is 0.253 e. The van der Waals surface area contributed by atoms with Crippen LogP contribution in [0.5, 0.6) is 0 Å². The summed E-state index contributed by atoms with van der Waals surface area (Å²) >= 11 is 0. The summed E-state index contributed by atoms with van der Waals surface area (Å²) in [6, 6.07) is 0.285. The van der Waals surface area contributed by atoms with Crippen molar-refractivity contribution in [2.75, 3.05) is 26.7 Å². The fourth-order valence-electron chi connectivity index (χ4n) is 1.44. The first kappa shape index (κ1) is 14.7. The summed E-state index contributed by atoms with van der Waals surface area (Å²) in [5.41, 5.74) is 0. The zero-order valence-corrected chi connectivity index (χ0v) is 10.5. The number of rotatable bonds is 3. The summed E-state index contributed by atoms with van der Waals surface area (Å²) in [5.74, 6) is 0.0894. The van der Waals surface area contributed by atoms with Crippen molar-refractivity contribution in [3.05, 3.63) is 0 Å². The highest BCUT2D eigenvalue weighted by molar-refractivity contribution is 5.85. The summed E-state index contributed by atoms with van der Waals surface area (Å²) in [6.45, 7) is 6.24. The van der Waals surface area contributed by atoms with Crippen molar-refractivity contribution < 1.29 is 9.53 Å². The van der Waals surface area contributed by atoms with Crippen molar-refractivity contribution in [2.24, 2.45) is 0 Å². The van der Waals surface area contributed by atoms with Crippen molar-refractivity contribution in [3.63, 3.8) is 0 Å². The number of nitrogens with zero attached hydrogens (tertiary/aromatic N) is 1. The minimum atomic E-state index is -0.289. The van der Waals surface area contributed by atoms with Gasteiger partial charge in [-0.3, -0.25) is 4.79 Å². The van der Waals surface area contributed by atoms with Crippen molar-refractivity contribution in [1.29, 1.82) is 0 Å². The van der Waals surface area contributed by atoms with Gasteiger partial charge < -0.3 is 15.0 Å². The molecule has 0 saturated carbocycles. The van der Waals surface area contributed by atoms with E-state index < -0.39 is 0 Å². The third kappa shape index (κ3) is 3.97. The molecule has 5 heteroatoms. The molecule has 1 fully saturated rings. The first-order valence-corrected chi connectivity index (χ1v) is 5.25. The largest absolute Gasteiger partial charge is 0.366 e. The molecule has 1 aliphatic heterocycles. The van der Waals surface area contributed by atoms with E-state index in [9.17, 15) is 4.79 Å². The van der Waals surface area contributed by atoms with E-state index in [2.05, 4.69) is 12.2 Å². The molecule has 0 aliphatic carbocycles. The second kappa shape index (κ2) is 7.04. The number of carbonyl (C=O) groups excluding carboxylic acids is 1. The lowest BCUT2D eigenvalue weighted by molar-refractivity contribution is -0.145. The van der Waals surface area contributed by atoms with Crippen LogP contribution in [0.2, 0.25) is 0 Å². The molecule has 1 heterocycles. The summed E-state index contributed by atoms with van der Waals surface area (Å²) in [4.78, 5) is 13.6. The van der Waals surface area contributed by atoms with Gasteiger partial charge >= 0.3 is 0 Å². The van der Waals surface area contributed by atoms with Gasteiger partial charge in [0, 0.05) is 26.2 Å². The molecule has 15 heavy (non-hydrogen) atoms. The predicted octanol–water partition coefficient (Wildman–Crippen LogP) is 0.653. The molecule has 90 valence electrons. The SMILES string of the molecule is CCC(C)N(C)C(=O)C1CNCCO1.Cl. The van der Waals surface area contributed by atoms with Crippen LogP contribution in [-0.4, -0.2) is 49.7 Å². The fourth-order valence-corrected chi connectivity index (χ4v) is 1.44. The lowest BCUT2D eigenvalue weighted by Crippen LogP contribution is -2.50. The number of likely N-dealkylation sites (N-methyl/N-ethyl adjacent to an activating group) is 1. The van der Waals surface area contributed by atoms with E-state index in [0.717, 1.165) is 13.0 Å². The third-order valence-corrected chi connectivity index (χ3v) is 2.80. The van der Waals surface area contributed by atoms with Crippen LogP contribution < -0.4 is 5.32 Å². The Labute approximate surface area is 97.8 Å². The van der Waals surface area contributed by atoms with Crippen LogP contribution in [0.4, 0.5) is 0 Å². The first-order chi connectivity index (χ1) is 6.66. The molecule has 2 unspecified atom stereocenters. The van der Waals surface area contributed by atoms with Gasteiger partial charge in [0.05, 0.1) is 6.61 Å². The van der Waals surface area contributed by atoms with Crippen LogP contribution in [-0.2, 0) is 9.53 Å². The van der Waals surface area contributed by atoms with Crippen LogP contribution in [0.15, 0.2) is 0 Å². The minimum absolute atomic E-state index is 0. The van der Waals surface area contributed by atoms with Gasteiger partial charge in [0.25, 0.3) is 5.91 Å².